The third-order valence-corrected chi connectivity index (χ3v) is 7.25. The zero-order valence-electron chi connectivity index (χ0n) is 18.2. The number of oxime groups is 1. The summed E-state index contributed by atoms with van der Waals surface area (Å²) >= 11 is 2.41. The van der Waals surface area contributed by atoms with E-state index in [-0.39, 0.29) is 34.5 Å². The SMILES string of the molecule is CO/N=C(\C(=O)N[C@@H]1C(=O)N2C(C(=O)[O-])=C(C[n+]3ccc(C(N)=O)cc3)CS[C@@H]12)c1csc(N)n1. The van der Waals surface area contributed by atoms with Crippen LogP contribution in [0.4, 0.5) is 5.13 Å². The van der Waals surface area contributed by atoms with E-state index in [9.17, 15) is 24.3 Å². The van der Waals surface area contributed by atoms with E-state index < -0.39 is 35.1 Å². The number of carbonyl (C=O) groups excluding carboxylic acids is 4. The van der Waals surface area contributed by atoms with Gasteiger partial charge in [-0.15, -0.1) is 23.1 Å². The lowest BCUT2D eigenvalue weighted by molar-refractivity contribution is -0.689. The summed E-state index contributed by atoms with van der Waals surface area (Å²) in [5.74, 6) is -3.13. The molecule has 13 nitrogen and oxygen atoms in total. The number of β-lactam (4-membered cyclic amide) rings is 1. The van der Waals surface area contributed by atoms with Gasteiger partial charge in [-0.1, -0.05) is 5.16 Å². The molecule has 0 saturated carbocycles. The normalized spacial score (nSPS) is 19.6. The average Bonchev–Trinajstić information content (AvgIpc) is 3.26. The number of aromatic nitrogens is 2. The molecule has 1 fully saturated rings. The summed E-state index contributed by atoms with van der Waals surface area (Å²) in [6.45, 7) is 0.152. The monoisotopic (exact) mass is 517 g/mol. The van der Waals surface area contributed by atoms with Gasteiger partial charge in [0.2, 0.25) is 5.91 Å². The summed E-state index contributed by atoms with van der Waals surface area (Å²) < 4.78 is 1.65. The van der Waals surface area contributed by atoms with Crippen LogP contribution in [0.2, 0.25) is 0 Å². The molecule has 35 heavy (non-hydrogen) atoms. The first-order valence-corrected chi connectivity index (χ1v) is 11.9. The van der Waals surface area contributed by atoms with E-state index in [0.29, 0.717) is 11.1 Å². The van der Waals surface area contributed by atoms with Gasteiger partial charge in [-0.3, -0.25) is 19.3 Å². The Kier molecular flexibility index (Phi) is 6.70. The number of carboxylic acid groups (broad SMARTS) is 1. The molecule has 0 aromatic carbocycles. The summed E-state index contributed by atoms with van der Waals surface area (Å²) in [6, 6.07) is 2.04. The van der Waals surface area contributed by atoms with Gasteiger partial charge in [0.1, 0.15) is 24.2 Å². The maximum Gasteiger partial charge on any atom is 0.276 e. The van der Waals surface area contributed by atoms with Crippen LogP contribution >= 0.6 is 23.1 Å². The molecular weight excluding hydrogens is 498 g/mol. The van der Waals surface area contributed by atoms with Crippen molar-refractivity contribution < 1.29 is 33.7 Å². The van der Waals surface area contributed by atoms with Gasteiger partial charge >= 0.3 is 0 Å². The van der Waals surface area contributed by atoms with Gasteiger partial charge in [-0.25, -0.2) is 9.55 Å². The Labute approximate surface area is 206 Å². The fourth-order valence-corrected chi connectivity index (χ4v) is 5.53. The Balaban J connectivity index is 1.52. The van der Waals surface area contributed by atoms with Crippen molar-refractivity contribution in [3.63, 3.8) is 0 Å². The molecular formula is C20H19N7O6S2. The number of nitrogens with two attached hydrogens (primary N) is 2. The van der Waals surface area contributed by atoms with Gasteiger partial charge in [-0.05, 0) is 0 Å². The fourth-order valence-electron chi connectivity index (χ4n) is 3.64. The van der Waals surface area contributed by atoms with Gasteiger partial charge in [0.05, 0.1) is 17.2 Å². The van der Waals surface area contributed by atoms with E-state index in [1.54, 1.807) is 17.0 Å². The topological polar surface area (TPSA) is 197 Å². The predicted octanol–water partition coefficient (Wildman–Crippen LogP) is -2.43. The van der Waals surface area contributed by atoms with Crippen molar-refractivity contribution in [3.8, 4) is 0 Å². The van der Waals surface area contributed by atoms with Crippen molar-refractivity contribution in [2.24, 2.45) is 10.9 Å². The molecule has 0 radical (unpaired) electrons. The highest BCUT2D eigenvalue weighted by atomic mass is 32.2. The minimum Gasteiger partial charge on any atom is -0.543 e. The minimum atomic E-state index is -1.50. The van der Waals surface area contributed by atoms with Gasteiger partial charge in [0.25, 0.3) is 11.8 Å². The van der Waals surface area contributed by atoms with Gasteiger partial charge in [0.15, 0.2) is 29.8 Å². The largest absolute Gasteiger partial charge is 0.543 e. The van der Waals surface area contributed by atoms with E-state index >= 15 is 0 Å². The first kappa shape index (κ1) is 24.2. The number of amides is 3. The molecule has 3 amide bonds. The van der Waals surface area contributed by atoms with Crippen LogP contribution in [0.15, 0.2) is 46.3 Å². The van der Waals surface area contributed by atoms with Gasteiger partial charge in [-0.2, -0.15) is 0 Å². The molecule has 0 bridgehead atoms. The number of fused-ring (bicyclic) bond motifs is 1. The summed E-state index contributed by atoms with van der Waals surface area (Å²) in [5, 5.41) is 19.3. The number of primary amides is 1. The molecule has 2 aliphatic heterocycles. The molecule has 0 spiro atoms. The number of carbonyl (C=O) groups is 4. The fraction of sp³-hybridized carbons (Fsp3) is 0.250. The Morgan fingerprint density at radius 3 is 2.66 bits per heavy atom. The smallest absolute Gasteiger partial charge is 0.276 e. The molecule has 0 aliphatic carbocycles. The molecule has 4 heterocycles. The molecule has 4 rings (SSSR count). The molecule has 182 valence electrons. The molecule has 0 unspecified atom stereocenters. The van der Waals surface area contributed by atoms with Gasteiger partial charge < -0.3 is 31.5 Å². The number of thiazole rings is 1. The summed E-state index contributed by atoms with van der Waals surface area (Å²) in [7, 11) is 1.26. The molecule has 2 aromatic rings. The first-order valence-electron chi connectivity index (χ1n) is 10.0. The number of pyridine rings is 1. The van der Waals surface area contributed by atoms with Crippen molar-refractivity contribution in [1.82, 2.24) is 15.2 Å². The van der Waals surface area contributed by atoms with Crippen LogP contribution in [0.25, 0.3) is 0 Å². The molecule has 2 aromatic heterocycles. The summed E-state index contributed by atoms with van der Waals surface area (Å²) in [4.78, 5) is 58.7. The van der Waals surface area contributed by atoms with E-state index in [0.717, 1.165) is 16.2 Å². The maximum atomic E-state index is 12.9. The Morgan fingerprint density at radius 1 is 1.37 bits per heavy atom. The predicted molar refractivity (Wildman–Crippen MR) is 122 cm³/mol. The Bertz CT molecular complexity index is 1270. The third kappa shape index (κ3) is 4.67. The molecule has 2 atom stereocenters. The number of carboxylic acids is 1. The van der Waals surface area contributed by atoms with E-state index in [4.69, 9.17) is 16.3 Å². The van der Waals surface area contributed by atoms with Crippen molar-refractivity contribution in [2.45, 2.75) is 18.0 Å². The van der Waals surface area contributed by atoms with Crippen LogP contribution in [0.1, 0.15) is 16.1 Å². The second-order valence-corrected chi connectivity index (χ2v) is 9.41. The number of hydrogen-bond acceptors (Lipinski definition) is 11. The third-order valence-electron chi connectivity index (χ3n) is 5.24. The number of nitrogens with zero attached hydrogens (tertiary/aromatic N) is 4. The number of hydrogen-bond donors (Lipinski definition) is 3. The standard InChI is InChI=1S/C20H19N7O6S2/c1-33-25-12(11-8-35-20(22)23-11)16(29)24-13-17(30)27-14(19(31)32)10(7-34-18(13)27)6-26-4-2-9(3-5-26)15(21)28/h2-5,8,13,18H,6-7H2,1H3,(H5-,21,22,23,24,28,29,31,32)/b25-12-/t13-,18+/m1/s1. The van der Waals surface area contributed by atoms with Crippen LogP contribution < -0.4 is 26.5 Å². The van der Waals surface area contributed by atoms with Crippen LogP contribution in [0, 0.1) is 0 Å². The van der Waals surface area contributed by atoms with Crippen LogP contribution in [-0.4, -0.2) is 63.6 Å². The highest BCUT2D eigenvalue weighted by Gasteiger charge is 2.53. The number of nitrogens with one attached hydrogen (secondary N) is 1. The lowest BCUT2D eigenvalue weighted by Crippen LogP contribution is -2.71. The molecule has 1 saturated heterocycles. The lowest BCUT2D eigenvalue weighted by atomic mass is 10.0. The van der Waals surface area contributed by atoms with Crippen molar-refractivity contribution in [2.75, 3.05) is 18.6 Å². The highest BCUT2D eigenvalue weighted by Crippen LogP contribution is 2.40. The number of rotatable bonds is 8. The quantitative estimate of drug-likeness (QED) is 0.147. The van der Waals surface area contributed by atoms with Crippen LogP contribution in [0.3, 0.4) is 0 Å². The summed E-state index contributed by atoms with van der Waals surface area (Å²) in [6.07, 6.45) is 3.17. The Morgan fingerprint density at radius 2 is 2.09 bits per heavy atom. The second kappa shape index (κ2) is 9.71. The van der Waals surface area contributed by atoms with E-state index in [1.165, 1.54) is 36.4 Å². The molecule has 15 heteroatoms. The minimum absolute atomic E-state index is 0.152. The number of thioether (sulfide) groups is 1. The number of nitrogen functional groups attached to an aromatic ring is 1. The van der Waals surface area contributed by atoms with Crippen molar-refractivity contribution >= 4 is 57.6 Å². The maximum absolute atomic E-state index is 12.9. The zero-order valence-corrected chi connectivity index (χ0v) is 19.8. The van der Waals surface area contributed by atoms with Crippen molar-refractivity contribution in [3.05, 3.63) is 52.4 Å². The Hall–Kier alpha value is -3.98. The zero-order chi connectivity index (χ0) is 25.3. The number of anilines is 1. The summed E-state index contributed by atoms with van der Waals surface area (Å²) in [5.41, 5.74) is 11.4. The average molecular weight is 518 g/mol. The first-order chi connectivity index (χ1) is 16.7. The molecule has 5 N–H and O–H groups in total. The second-order valence-electron chi connectivity index (χ2n) is 7.42. The highest BCUT2D eigenvalue weighted by molar-refractivity contribution is 8.00. The van der Waals surface area contributed by atoms with E-state index in [1.807, 2.05) is 0 Å². The molecule has 2 aliphatic rings. The van der Waals surface area contributed by atoms with Crippen molar-refractivity contribution in [1.29, 1.82) is 0 Å². The number of aliphatic carboxylic acids is 1. The van der Waals surface area contributed by atoms with Gasteiger partial charge in [0, 0.05) is 28.8 Å². The van der Waals surface area contributed by atoms with Crippen LogP contribution in [0.5, 0.6) is 0 Å². The van der Waals surface area contributed by atoms with Crippen LogP contribution in [-0.2, 0) is 25.8 Å². The lowest BCUT2D eigenvalue weighted by Gasteiger charge is -2.50. The van der Waals surface area contributed by atoms with E-state index in [2.05, 4.69) is 15.5 Å².